The number of carboxylic acids is 1. The normalized spacial score (nSPS) is 26.3. The van der Waals surface area contributed by atoms with Gasteiger partial charge in [-0.25, -0.2) is 8.42 Å². The van der Waals surface area contributed by atoms with Gasteiger partial charge in [-0.15, -0.1) is 0 Å². The Kier molecular flexibility index (Phi) is 4.55. The highest BCUT2D eigenvalue weighted by Crippen LogP contribution is 2.45. The van der Waals surface area contributed by atoms with E-state index in [0.29, 0.717) is 17.7 Å². The molecule has 2 fully saturated rings. The van der Waals surface area contributed by atoms with Crippen molar-refractivity contribution in [2.75, 3.05) is 23.0 Å². The fourth-order valence-corrected chi connectivity index (χ4v) is 6.79. The molecule has 3 aliphatic heterocycles. The number of rotatable bonds is 3. The lowest BCUT2D eigenvalue weighted by Gasteiger charge is -2.21. The van der Waals surface area contributed by atoms with Gasteiger partial charge in [0.15, 0.2) is 9.84 Å². The first-order valence-electron chi connectivity index (χ1n) is 8.33. The fourth-order valence-electron chi connectivity index (χ4n) is 3.62. The Morgan fingerprint density at radius 2 is 1.96 bits per heavy atom. The smallest absolute Gasteiger partial charge is 0.323 e. The van der Waals surface area contributed by atoms with E-state index >= 15 is 0 Å². The number of carbonyl (C=O) groups excluding carboxylic acids is 2. The summed E-state index contributed by atoms with van der Waals surface area (Å²) in [5, 5.41) is 9.13. The van der Waals surface area contributed by atoms with Gasteiger partial charge in [-0.05, 0) is 12.5 Å². The van der Waals surface area contributed by atoms with Gasteiger partial charge in [-0.3, -0.25) is 24.2 Å². The molecule has 1 unspecified atom stereocenters. The number of aliphatic carboxylic acids is 1. The predicted octanol–water partition coefficient (Wildman–Crippen LogP) is 0.876. The van der Waals surface area contributed by atoms with Crippen LogP contribution in [0.3, 0.4) is 0 Å². The Labute approximate surface area is 170 Å². The molecule has 3 aliphatic rings. The number of carbonyl (C=O) groups is 3. The first kappa shape index (κ1) is 19.1. The summed E-state index contributed by atoms with van der Waals surface area (Å²) in [5.41, 5.74) is 0.990. The van der Waals surface area contributed by atoms with Gasteiger partial charge in [0.1, 0.15) is 10.9 Å². The minimum absolute atomic E-state index is 0.00517. The second-order valence-corrected chi connectivity index (χ2v) is 10.5. The van der Waals surface area contributed by atoms with Crippen molar-refractivity contribution in [3.05, 3.63) is 34.7 Å². The monoisotopic (exact) mass is 438 g/mol. The molecular weight excluding hydrogens is 424 g/mol. The number of amides is 2. The van der Waals surface area contributed by atoms with Gasteiger partial charge in [-0.2, -0.15) is 0 Å². The summed E-state index contributed by atoms with van der Waals surface area (Å²) in [7, 11) is -3.22. The van der Waals surface area contributed by atoms with E-state index in [4.69, 9.17) is 17.3 Å². The molecule has 3 heterocycles. The number of fused-ring (bicyclic) bond motifs is 1. The zero-order valence-electron chi connectivity index (χ0n) is 14.3. The van der Waals surface area contributed by atoms with Gasteiger partial charge in [-0.1, -0.05) is 42.2 Å². The molecule has 1 atom stereocenters. The number of thioether (sulfide) groups is 1. The third kappa shape index (κ3) is 3.03. The number of thiocarbonyl (C=S) groups is 1. The van der Waals surface area contributed by atoms with Crippen molar-refractivity contribution >= 4 is 67.2 Å². The van der Waals surface area contributed by atoms with Crippen LogP contribution < -0.4 is 4.90 Å². The topological polar surface area (TPSA) is 112 Å². The highest BCUT2D eigenvalue weighted by atomic mass is 32.2. The minimum atomic E-state index is -3.22. The molecule has 1 N–H and O–H groups in total. The number of benzene rings is 1. The number of sulfone groups is 1. The van der Waals surface area contributed by atoms with E-state index in [1.54, 1.807) is 24.3 Å². The zero-order valence-corrected chi connectivity index (χ0v) is 16.8. The highest BCUT2D eigenvalue weighted by Gasteiger charge is 2.46. The third-order valence-corrected chi connectivity index (χ3v) is 7.97. The number of hydrogen-bond donors (Lipinski definition) is 1. The molecule has 11 heteroatoms. The van der Waals surface area contributed by atoms with Crippen molar-refractivity contribution in [3.63, 3.8) is 0 Å². The molecule has 0 saturated carbocycles. The van der Waals surface area contributed by atoms with Crippen molar-refractivity contribution in [3.8, 4) is 0 Å². The summed E-state index contributed by atoms with van der Waals surface area (Å²) in [6, 6.07) is 6.10. The molecule has 0 aliphatic carbocycles. The fraction of sp³-hybridized carbons (Fsp3) is 0.294. The first-order chi connectivity index (χ1) is 13.2. The second-order valence-electron chi connectivity index (χ2n) is 6.61. The van der Waals surface area contributed by atoms with E-state index in [1.807, 2.05) is 0 Å². The second kappa shape index (κ2) is 6.68. The predicted molar refractivity (Wildman–Crippen MR) is 107 cm³/mol. The SMILES string of the molecule is O=C(O)CN1C(=O)/C(=C2\SC(=S)N(C3CCS(=O)(=O)C3)C2=O)c2ccccc21. The first-order valence-corrected chi connectivity index (χ1v) is 11.4. The molecule has 8 nitrogen and oxygen atoms in total. The van der Waals surface area contributed by atoms with E-state index in [0.717, 1.165) is 16.7 Å². The lowest BCUT2D eigenvalue weighted by molar-refractivity contribution is -0.136. The van der Waals surface area contributed by atoms with Crippen molar-refractivity contribution in [2.24, 2.45) is 0 Å². The van der Waals surface area contributed by atoms with Crippen LogP contribution in [0, 0.1) is 0 Å². The molecule has 1 aromatic rings. The van der Waals surface area contributed by atoms with Crippen molar-refractivity contribution < 1.29 is 27.9 Å². The standard InChI is InChI=1S/C17H14N2O6S3/c20-12(21)7-18-11-4-2-1-3-10(11)13(15(18)22)14-16(23)19(17(26)27-14)9-5-6-28(24,25)8-9/h1-4,9H,5-8H2,(H,20,21)/b14-13-. The summed E-state index contributed by atoms with van der Waals surface area (Å²) in [6.45, 7) is -0.527. The van der Waals surface area contributed by atoms with E-state index in [-0.39, 0.29) is 26.3 Å². The van der Waals surface area contributed by atoms with Crippen LogP contribution in [0.1, 0.15) is 12.0 Å². The molecule has 1 aromatic carbocycles. The average molecular weight is 439 g/mol. The summed E-state index contributed by atoms with van der Waals surface area (Å²) in [6.07, 6.45) is 0.299. The Morgan fingerprint density at radius 1 is 1.25 bits per heavy atom. The molecular formula is C17H14N2O6S3. The Bertz CT molecular complexity index is 1080. The molecule has 28 heavy (non-hydrogen) atoms. The van der Waals surface area contributed by atoms with Gasteiger partial charge >= 0.3 is 5.97 Å². The quantitative estimate of drug-likeness (QED) is 0.547. The molecule has 2 saturated heterocycles. The van der Waals surface area contributed by atoms with Crippen LogP contribution in [0.5, 0.6) is 0 Å². The summed E-state index contributed by atoms with van der Waals surface area (Å²) >= 11 is 6.25. The summed E-state index contributed by atoms with van der Waals surface area (Å²) < 4.78 is 23.8. The zero-order chi connectivity index (χ0) is 20.2. The Hall–Kier alpha value is -2.24. The van der Waals surface area contributed by atoms with Crippen molar-refractivity contribution in [2.45, 2.75) is 12.5 Å². The largest absolute Gasteiger partial charge is 0.480 e. The Balaban J connectivity index is 1.77. The maximum atomic E-state index is 13.1. The van der Waals surface area contributed by atoms with Crippen LogP contribution in [0.25, 0.3) is 5.57 Å². The van der Waals surface area contributed by atoms with Gasteiger partial charge in [0, 0.05) is 5.56 Å². The molecule has 0 spiro atoms. The lowest BCUT2D eigenvalue weighted by Crippen LogP contribution is -2.39. The number of anilines is 1. The van der Waals surface area contributed by atoms with Crippen molar-refractivity contribution in [1.82, 2.24) is 4.90 Å². The summed E-state index contributed by atoms with van der Waals surface area (Å²) in [4.78, 5) is 39.7. The number of carboxylic acid groups (broad SMARTS) is 1. The van der Waals surface area contributed by atoms with E-state index < -0.39 is 40.2 Å². The van der Waals surface area contributed by atoms with Gasteiger partial charge in [0.25, 0.3) is 11.8 Å². The number of hydrogen-bond acceptors (Lipinski definition) is 7. The summed E-state index contributed by atoms with van der Waals surface area (Å²) in [5.74, 6) is -2.42. The van der Waals surface area contributed by atoms with Gasteiger partial charge in [0.2, 0.25) is 0 Å². The lowest BCUT2D eigenvalue weighted by atomic mass is 10.1. The number of nitrogens with zero attached hydrogens (tertiary/aromatic N) is 2. The third-order valence-electron chi connectivity index (χ3n) is 4.82. The van der Waals surface area contributed by atoms with Crippen molar-refractivity contribution in [1.29, 1.82) is 0 Å². The van der Waals surface area contributed by atoms with E-state index in [9.17, 15) is 22.8 Å². The van der Waals surface area contributed by atoms with E-state index in [1.165, 1.54) is 4.90 Å². The molecule has 2 amide bonds. The highest BCUT2D eigenvalue weighted by molar-refractivity contribution is 8.26. The molecule has 0 bridgehead atoms. The molecule has 0 aromatic heterocycles. The molecule has 4 rings (SSSR count). The maximum absolute atomic E-state index is 13.1. The van der Waals surface area contributed by atoms with Crippen LogP contribution in [-0.2, 0) is 24.2 Å². The van der Waals surface area contributed by atoms with Gasteiger partial charge in [0.05, 0.1) is 33.7 Å². The van der Waals surface area contributed by atoms with Crippen LogP contribution >= 0.6 is 24.0 Å². The van der Waals surface area contributed by atoms with Crippen LogP contribution in [0.15, 0.2) is 29.2 Å². The van der Waals surface area contributed by atoms with E-state index in [2.05, 4.69) is 0 Å². The molecule has 0 radical (unpaired) electrons. The van der Waals surface area contributed by atoms with Gasteiger partial charge < -0.3 is 5.11 Å². The van der Waals surface area contributed by atoms with Crippen LogP contribution in [0.4, 0.5) is 5.69 Å². The Morgan fingerprint density at radius 3 is 2.61 bits per heavy atom. The van der Waals surface area contributed by atoms with Crippen LogP contribution in [0.2, 0.25) is 0 Å². The molecule has 146 valence electrons. The minimum Gasteiger partial charge on any atom is -0.480 e. The average Bonchev–Trinajstić information content (AvgIpc) is 3.20. The van der Waals surface area contributed by atoms with Crippen LogP contribution in [-0.4, -0.2) is 64.6 Å². The number of para-hydroxylation sites is 1. The maximum Gasteiger partial charge on any atom is 0.323 e.